The third-order valence-electron chi connectivity index (χ3n) is 3.52. The average Bonchev–Trinajstić information content (AvgIpc) is 2.43. The van der Waals surface area contributed by atoms with Gasteiger partial charge in [0.05, 0.1) is 10.4 Å². The molecule has 1 atom stereocenters. The largest absolute Gasteiger partial charge is 0.392 e. The van der Waals surface area contributed by atoms with Crippen molar-refractivity contribution < 1.29 is 4.79 Å². The van der Waals surface area contributed by atoms with Gasteiger partial charge in [-0.3, -0.25) is 4.79 Å². The molecule has 1 aromatic carbocycles. The topological polar surface area (TPSA) is 55.1 Å². The van der Waals surface area contributed by atoms with Crippen LogP contribution in [0, 0.1) is 5.41 Å². The Labute approximate surface area is 120 Å². The van der Waals surface area contributed by atoms with E-state index in [9.17, 15) is 4.79 Å². The van der Waals surface area contributed by atoms with Gasteiger partial charge in [-0.1, -0.05) is 49.5 Å². The van der Waals surface area contributed by atoms with Crippen LogP contribution in [0.25, 0.3) is 0 Å². The van der Waals surface area contributed by atoms with Crippen molar-refractivity contribution in [3.63, 3.8) is 0 Å². The molecule has 0 aliphatic rings. The second kappa shape index (κ2) is 7.24. The summed E-state index contributed by atoms with van der Waals surface area (Å²) in [5.74, 6) is -0.0736. The smallest absolute Gasteiger partial charge is 0.232 e. The molecule has 1 unspecified atom stereocenters. The Kier molecular flexibility index (Phi) is 5.96. The molecule has 0 bridgehead atoms. The molecular weight excluding hydrogens is 256 g/mol. The van der Waals surface area contributed by atoms with Crippen LogP contribution < -0.4 is 11.1 Å². The van der Waals surface area contributed by atoms with Crippen LogP contribution >= 0.6 is 12.2 Å². The van der Waals surface area contributed by atoms with Gasteiger partial charge in [0.1, 0.15) is 0 Å². The van der Waals surface area contributed by atoms with Crippen molar-refractivity contribution in [3.05, 3.63) is 35.9 Å². The Morgan fingerprint density at radius 3 is 2.53 bits per heavy atom. The fraction of sp³-hybridized carbons (Fsp3) is 0.467. The van der Waals surface area contributed by atoms with E-state index in [1.54, 1.807) is 6.92 Å². The van der Waals surface area contributed by atoms with Gasteiger partial charge in [-0.15, -0.1) is 0 Å². The Morgan fingerprint density at radius 2 is 2.00 bits per heavy atom. The minimum atomic E-state index is -0.734. The molecule has 0 saturated carbocycles. The normalized spacial score (nSPS) is 13.6. The second-order valence-electron chi connectivity index (χ2n) is 4.89. The summed E-state index contributed by atoms with van der Waals surface area (Å²) in [6.45, 7) is 4.36. The number of amides is 1. The fourth-order valence-corrected chi connectivity index (χ4v) is 2.02. The van der Waals surface area contributed by atoms with Crippen LogP contribution in [0.5, 0.6) is 0 Å². The summed E-state index contributed by atoms with van der Waals surface area (Å²) in [5, 5.41) is 2.92. The van der Waals surface area contributed by atoms with Gasteiger partial charge < -0.3 is 11.1 Å². The Balaban J connectivity index is 2.37. The molecule has 0 aliphatic carbocycles. The van der Waals surface area contributed by atoms with E-state index in [0.29, 0.717) is 13.0 Å². The molecule has 0 spiro atoms. The van der Waals surface area contributed by atoms with E-state index in [1.165, 1.54) is 5.56 Å². The lowest BCUT2D eigenvalue weighted by Gasteiger charge is -2.25. The van der Waals surface area contributed by atoms with Gasteiger partial charge in [-0.25, -0.2) is 0 Å². The molecule has 0 heterocycles. The zero-order chi connectivity index (χ0) is 14.3. The first kappa shape index (κ1) is 15.6. The van der Waals surface area contributed by atoms with Crippen LogP contribution in [0.1, 0.15) is 32.3 Å². The zero-order valence-electron chi connectivity index (χ0n) is 11.6. The van der Waals surface area contributed by atoms with Crippen molar-refractivity contribution in [2.75, 3.05) is 6.54 Å². The summed E-state index contributed by atoms with van der Waals surface area (Å²) in [6, 6.07) is 10.2. The second-order valence-corrected chi connectivity index (χ2v) is 5.33. The third kappa shape index (κ3) is 4.31. The number of benzene rings is 1. The highest BCUT2D eigenvalue weighted by molar-refractivity contribution is 7.80. The minimum Gasteiger partial charge on any atom is -0.392 e. The van der Waals surface area contributed by atoms with Crippen molar-refractivity contribution in [1.82, 2.24) is 5.32 Å². The first-order chi connectivity index (χ1) is 9.00. The molecule has 4 heteroatoms. The van der Waals surface area contributed by atoms with Crippen molar-refractivity contribution in [2.45, 2.75) is 33.1 Å². The highest BCUT2D eigenvalue weighted by Crippen LogP contribution is 2.21. The van der Waals surface area contributed by atoms with Crippen molar-refractivity contribution in [2.24, 2.45) is 11.1 Å². The lowest BCUT2D eigenvalue weighted by Crippen LogP contribution is -2.46. The third-order valence-corrected chi connectivity index (χ3v) is 3.97. The molecule has 1 amide bonds. The van der Waals surface area contributed by atoms with E-state index < -0.39 is 5.41 Å². The van der Waals surface area contributed by atoms with Crippen molar-refractivity contribution in [3.8, 4) is 0 Å². The molecule has 3 N–H and O–H groups in total. The summed E-state index contributed by atoms with van der Waals surface area (Å²) in [4.78, 5) is 12.3. The van der Waals surface area contributed by atoms with Gasteiger partial charge in [-0.2, -0.15) is 0 Å². The quantitative estimate of drug-likeness (QED) is 0.595. The minimum absolute atomic E-state index is 0.0736. The maximum atomic E-state index is 12.1. The molecule has 0 saturated heterocycles. The maximum absolute atomic E-state index is 12.1. The van der Waals surface area contributed by atoms with Crippen LogP contribution in [0.15, 0.2) is 30.3 Å². The number of thiocarbonyl (C=S) groups is 1. The van der Waals surface area contributed by atoms with E-state index in [-0.39, 0.29) is 10.9 Å². The molecule has 0 aromatic heterocycles. The standard InChI is InChI=1S/C15H22N2OS/c1-3-15(2,13(16)19)14(18)17-11-7-10-12-8-5-4-6-9-12/h4-6,8-9H,3,7,10-11H2,1-2H3,(H2,16,19)(H,17,18). The number of hydrogen-bond acceptors (Lipinski definition) is 2. The molecule has 0 aliphatic heterocycles. The molecule has 104 valence electrons. The van der Waals surface area contributed by atoms with Crippen molar-refractivity contribution >= 4 is 23.1 Å². The lowest BCUT2D eigenvalue weighted by molar-refractivity contribution is -0.126. The predicted molar refractivity (Wildman–Crippen MR) is 83.0 cm³/mol. The summed E-state index contributed by atoms with van der Waals surface area (Å²) < 4.78 is 0. The van der Waals surface area contributed by atoms with E-state index >= 15 is 0 Å². The number of nitrogens with two attached hydrogens (primary N) is 1. The monoisotopic (exact) mass is 278 g/mol. The Morgan fingerprint density at radius 1 is 1.37 bits per heavy atom. The average molecular weight is 278 g/mol. The maximum Gasteiger partial charge on any atom is 0.232 e. The van der Waals surface area contributed by atoms with Crippen LogP contribution in [-0.4, -0.2) is 17.4 Å². The molecular formula is C15H22N2OS. The summed E-state index contributed by atoms with van der Waals surface area (Å²) in [7, 11) is 0. The van der Waals surface area contributed by atoms with Gasteiger partial charge in [0.15, 0.2) is 0 Å². The Hall–Kier alpha value is -1.42. The van der Waals surface area contributed by atoms with Crippen molar-refractivity contribution in [1.29, 1.82) is 0 Å². The van der Waals surface area contributed by atoms with Crippen LogP contribution in [0.4, 0.5) is 0 Å². The van der Waals surface area contributed by atoms with Gasteiger partial charge in [0.2, 0.25) is 5.91 Å². The highest BCUT2D eigenvalue weighted by Gasteiger charge is 2.34. The first-order valence-corrected chi connectivity index (χ1v) is 7.03. The summed E-state index contributed by atoms with van der Waals surface area (Å²) in [6.07, 6.45) is 2.48. The molecule has 19 heavy (non-hydrogen) atoms. The fourth-order valence-electron chi connectivity index (χ4n) is 1.78. The number of aryl methyl sites for hydroxylation is 1. The number of carbonyl (C=O) groups is 1. The molecule has 0 fully saturated rings. The van der Waals surface area contributed by atoms with Gasteiger partial charge in [-0.05, 0) is 31.7 Å². The van der Waals surface area contributed by atoms with Crippen LogP contribution in [0.2, 0.25) is 0 Å². The predicted octanol–water partition coefficient (Wildman–Crippen LogP) is 2.44. The summed E-state index contributed by atoms with van der Waals surface area (Å²) >= 11 is 4.98. The summed E-state index contributed by atoms with van der Waals surface area (Å²) in [5.41, 5.74) is 6.20. The van der Waals surface area contributed by atoms with E-state index in [1.807, 2.05) is 25.1 Å². The number of hydrogen-bond donors (Lipinski definition) is 2. The number of carbonyl (C=O) groups excluding carboxylic acids is 1. The first-order valence-electron chi connectivity index (χ1n) is 6.63. The van der Waals surface area contributed by atoms with Gasteiger partial charge in [0, 0.05) is 6.54 Å². The van der Waals surface area contributed by atoms with Gasteiger partial charge in [0.25, 0.3) is 0 Å². The highest BCUT2D eigenvalue weighted by atomic mass is 32.1. The van der Waals surface area contributed by atoms with Gasteiger partial charge >= 0.3 is 0 Å². The molecule has 0 radical (unpaired) electrons. The number of rotatable bonds is 7. The molecule has 1 aromatic rings. The lowest BCUT2D eigenvalue weighted by atomic mass is 9.86. The SMILES string of the molecule is CCC(C)(C(=O)NCCCc1ccccc1)C(N)=S. The number of nitrogens with one attached hydrogen (secondary N) is 1. The van der Waals surface area contributed by atoms with E-state index in [0.717, 1.165) is 12.8 Å². The van der Waals surface area contributed by atoms with Crippen LogP contribution in [0.3, 0.4) is 0 Å². The van der Waals surface area contributed by atoms with Crippen LogP contribution in [-0.2, 0) is 11.2 Å². The molecule has 3 nitrogen and oxygen atoms in total. The van der Waals surface area contributed by atoms with E-state index in [4.69, 9.17) is 18.0 Å². The Bertz CT molecular complexity index is 433. The molecule has 1 rings (SSSR count). The van der Waals surface area contributed by atoms with E-state index in [2.05, 4.69) is 17.4 Å². The zero-order valence-corrected chi connectivity index (χ0v) is 12.4.